The van der Waals surface area contributed by atoms with Crippen LogP contribution in [0.25, 0.3) is 0 Å². The van der Waals surface area contributed by atoms with Crippen molar-refractivity contribution in [2.75, 3.05) is 0 Å². The van der Waals surface area contributed by atoms with Crippen LogP contribution < -0.4 is 15.9 Å². The maximum atomic E-state index is 15.1. The Morgan fingerprint density at radius 1 is 0.606 bits per heavy atom. The number of hydrogen-bond acceptors (Lipinski definition) is 1. The average molecular weight is 449 g/mol. The van der Waals surface area contributed by atoms with Gasteiger partial charge in [0.1, 0.15) is 0 Å². The number of hydrogen-bond donors (Lipinski definition) is 0. The van der Waals surface area contributed by atoms with E-state index in [1.165, 1.54) is 22.3 Å². The van der Waals surface area contributed by atoms with E-state index in [9.17, 15) is 0 Å². The van der Waals surface area contributed by atoms with Gasteiger partial charge in [0.25, 0.3) is 0 Å². The third-order valence-electron chi connectivity index (χ3n) is 6.68. The minimum absolute atomic E-state index is 0.774. The largest absolute Gasteiger partial charge is 0.309 e. The van der Waals surface area contributed by atoms with Crippen LogP contribution in [-0.2, 0) is 30.2 Å². The molecule has 4 aromatic carbocycles. The highest BCUT2D eigenvalue weighted by molar-refractivity contribution is 7.85. The monoisotopic (exact) mass is 448 g/mol. The molecule has 1 nitrogen and oxygen atoms in total. The molecule has 0 atom stereocenters. The van der Waals surface area contributed by atoms with E-state index in [-0.39, 0.29) is 0 Å². The van der Waals surface area contributed by atoms with Crippen molar-refractivity contribution in [3.05, 3.63) is 137 Å². The predicted octanol–water partition coefficient (Wildman–Crippen LogP) is 6.07. The first-order valence-corrected chi connectivity index (χ1v) is 13.4. The van der Waals surface area contributed by atoms with Gasteiger partial charge in [0, 0.05) is 15.9 Å². The SMILES string of the molecule is Cc1cc2ccc1CCc1ccc(c(P(=O)(c3ccccc3)c3ccccc3)c1)C/C=C\C2. The van der Waals surface area contributed by atoms with Crippen molar-refractivity contribution in [3.63, 3.8) is 0 Å². The lowest BCUT2D eigenvalue weighted by molar-refractivity contribution is 0.592. The van der Waals surface area contributed by atoms with E-state index in [2.05, 4.69) is 55.5 Å². The lowest BCUT2D eigenvalue weighted by Crippen LogP contribution is -2.27. The highest BCUT2D eigenvalue weighted by atomic mass is 31.2. The summed E-state index contributed by atoms with van der Waals surface area (Å²) in [5.41, 5.74) is 6.48. The number of aryl methyl sites for hydroxylation is 3. The van der Waals surface area contributed by atoms with E-state index in [1.54, 1.807) is 0 Å². The molecule has 4 aromatic rings. The number of rotatable bonds is 3. The van der Waals surface area contributed by atoms with Crippen LogP contribution >= 0.6 is 7.14 Å². The van der Waals surface area contributed by atoms with E-state index in [0.717, 1.165) is 47.2 Å². The quantitative estimate of drug-likeness (QED) is 0.274. The average Bonchev–Trinajstić information content (AvgIpc) is 2.87. The van der Waals surface area contributed by atoms with Gasteiger partial charge in [0.2, 0.25) is 0 Å². The summed E-state index contributed by atoms with van der Waals surface area (Å²) in [7, 11) is -3.01. The Kier molecular flexibility index (Phi) is 6.16. The van der Waals surface area contributed by atoms with Crippen molar-refractivity contribution >= 4 is 23.1 Å². The molecule has 0 spiro atoms. The fraction of sp³-hybridized carbons (Fsp3) is 0.161. The molecule has 0 amide bonds. The molecule has 33 heavy (non-hydrogen) atoms. The van der Waals surface area contributed by atoms with Gasteiger partial charge in [-0.1, -0.05) is 103 Å². The summed E-state index contributed by atoms with van der Waals surface area (Å²) < 4.78 is 15.1. The van der Waals surface area contributed by atoms with Gasteiger partial charge in [-0.25, -0.2) is 0 Å². The Hall–Kier alpha value is -3.15. The molecule has 0 aliphatic heterocycles. The molecule has 2 heteroatoms. The molecule has 0 unspecified atom stereocenters. The molecule has 0 N–H and O–H groups in total. The normalized spacial score (nSPS) is 14.7. The van der Waals surface area contributed by atoms with Gasteiger partial charge in [-0.2, -0.15) is 0 Å². The van der Waals surface area contributed by atoms with Crippen LogP contribution in [0, 0.1) is 6.92 Å². The molecule has 0 heterocycles. The van der Waals surface area contributed by atoms with E-state index >= 15 is 4.57 Å². The molecule has 4 aliphatic carbocycles. The minimum atomic E-state index is -3.01. The van der Waals surface area contributed by atoms with Gasteiger partial charge < -0.3 is 4.57 Å². The first kappa shape index (κ1) is 21.7. The summed E-state index contributed by atoms with van der Waals surface area (Å²) in [5, 5.41) is 2.76. The lowest BCUT2D eigenvalue weighted by atomic mass is 9.96. The zero-order valence-electron chi connectivity index (χ0n) is 19.1. The second-order valence-electron chi connectivity index (χ2n) is 8.88. The Morgan fingerprint density at radius 3 is 1.88 bits per heavy atom. The van der Waals surface area contributed by atoms with Crippen LogP contribution in [0.4, 0.5) is 0 Å². The first-order valence-electron chi connectivity index (χ1n) is 11.7. The minimum Gasteiger partial charge on any atom is -0.309 e. The predicted molar refractivity (Wildman–Crippen MR) is 141 cm³/mol. The van der Waals surface area contributed by atoms with E-state index < -0.39 is 7.14 Å². The molecular weight excluding hydrogens is 419 g/mol. The van der Waals surface area contributed by atoms with Crippen molar-refractivity contribution in [3.8, 4) is 0 Å². The third-order valence-corrected chi connectivity index (χ3v) is 9.82. The van der Waals surface area contributed by atoms with Crippen LogP contribution in [0.5, 0.6) is 0 Å². The smallest absolute Gasteiger partial charge is 0.171 e. The lowest BCUT2D eigenvalue weighted by Gasteiger charge is -2.23. The molecule has 4 bridgehead atoms. The maximum Gasteiger partial charge on any atom is 0.171 e. The summed E-state index contributed by atoms with van der Waals surface area (Å²) in [6.07, 6.45) is 8.09. The summed E-state index contributed by atoms with van der Waals surface area (Å²) in [4.78, 5) is 0. The second kappa shape index (κ2) is 9.38. The highest BCUT2D eigenvalue weighted by Crippen LogP contribution is 2.43. The summed E-state index contributed by atoms with van der Waals surface area (Å²) >= 11 is 0. The molecule has 8 rings (SSSR count). The fourth-order valence-corrected chi connectivity index (χ4v) is 7.76. The molecule has 0 aromatic heterocycles. The molecule has 4 aliphatic rings. The van der Waals surface area contributed by atoms with Crippen LogP contribution in [0.15, 0.2) is 109 Å². The van der Waals surface area contributed by atoms with Crippen molar-refractivity contribution in [2.24, 2.45) is 0 Å². The third kappa shape index (κ3) is 4.39. The van der Waals surface area contributed by atoms with Crippen molar-refractivity contribution in [1.29, 1.82) is 0 Å². The Morgan fingerprint density at radius 2 is 1.21 bits per heavy atom. The zero-order chi connectivity index (χ0) is 22.7. The highest BCUT2D eigenvalue weighted by Gasteiger charge is 2.31. The van der Waals surface area contributed by atoms with Crippen molar-refractivity contribution < 1.29 is 4.57 Å². The topological polar surface area (TPSA) is 17.1 Å². The van der Waals surface area contributed by atoms with Crippen LogP contribution in [0.1, 0.15) is 27.8 Å². The first-order chi connectivity index (χ1) is 16.1. The molecular formula is C31H29OP. The molecule has 164 valence electrons. The summed E-state index contributed by atoms with van der Waals surface area (Å²) in [5.74, 6) is 0. The molecule has 0 saturated carbocycles. The summed E-state index contributed by atoms with van der Waals surface area (Å²) in [6, 6.07) is 33.5. The van der Waals surface area contributed by atoms with Crippen molar-refractivity contribution in [1.82, 2.24) is 0 Å². The second-order valence-corrected chi connectivity index (χ2v) is 11.6. The van der Waals surface area contributed by atoms with Crippen molar-refractivity contribution in [2.45, 2.75) is 32.6 Å². The summed E-state index contributed by atoms with van der Waals surface area (Å²) in [6.45, 7) is 2.21. The van der Waals surface area contributed by atoms with Crippen LogP contribution in [-0.4, -0.2) is 0 Å². The van der Waals surface area contributed by atoms with Gasteiger partial charge in [-0.15, -0.1) is 0 Å². The van der Waals surface area contributed by atoms with E-state index in [1.807, 2.05) is 60.7 Å². The van der Waals surface area contributed by atoms with Gasteiger partial charge >= 0.3 is 0 Å². The number of benzene rings is 4. The Labute approximate surface area is 197 Å². The molecule has 0 radical (unpaired) electrons. The van der Waals surface area contributed by atoms with Crippen LogP contribution in [0.3, 0.4) is 0 Å². The number of allylic oxidation sites excluding steroid dienone is 2. The van der Waals surface area contributed by atoms with Gasteiger partial charge in [-0.3, -0.25) is 0 Å². The van der Waals surface area contributed by atoms with E-state index in [4.69, 9.17) is 0 Å². The van der Waals surface area contributed by atoms with Gasteiger partial charge in [0.15, 0.2) is 7.14 Å². The fourth-order valence-electron chi connectivity index (χ4n) is 4.81. The maximum absolute atomic E-state index is 15.1. The van der Waals surface area contributed by atoms with Gasteiger partial charge in [-0.05, 0) is 66.5 Å². The standard InChI is InChI=1S/C31H29OP/c1-24-22-25-10-8-9-11-28-21-18-26(17-20-27(24)19-16-25)23-31(28)33(32,29-12-4-2-5-13-29)30-14-6-3-7-15-30/h2-9,12-16,18-19,21-23H,10-11,17,20H2,1H3/b9-8-. The van der Waals surface area contributed by atoms with E-state index in [0.29, 0.717) is 0 Å². The molecule has 0 fully saturated rings. The Bertz CT molecular complexity index is 1290. The zero-order valence-corrected chi connectivity index (χ0v) is 20.0. The molecule has 0 saturated heterocycles. The van der Waals surface area contributed by atoms with Gasteiger partial charge in [0.05, 0.1) is 0 Å². The van der Waals surface area contributed by atoms with Crippen LogP contribution in [0.2, 0.25) is 0 Å². The Balaban J connectivity index is 1.68.